The highest BCUT2D eigenvalue weighted by Gasteiger charge is 2.19. The molecule has 7 rings (SSSR count). The summed E-state index contributed by atoms with van der Waals surface area (Å²) in [7, 11) is 0. The molecule has 0 bridgehead atoms. The molecule has 7 aromatic rings. The molecule has 40 heavy (non-hydrogen) atoms. The van der Waals surface area contributed by atoms with Gasteiger partial charge in [0.25, 0.3) is 5.91 Å². The van der Waals surface area contributed by atoms with E-state index in [0.29, 0.717) is 60.9 Å². The van der Waals surface area contributed by atoms with Gasteiger partial charge >= 0.3 is 0 Å². The Morgan fingerprint density at radius 1 is 0.925 bits per heavy atom. The molecule has 0 aliphatic heterocycles. The van der Waals surface area contributed by atoms with Crippen molar-refractivity contribution in [2.24, 2.45) is 0 Å². The molecule has 0 radical (unpaired) electrons. The van der Waals surface area contributed by atoms with Crippen LogP contribution in [0, 0.1) is 10.9 Å². The highest BCUT2D eigenvalue weighted by molar-refractivity contribution is 7.13. The zero-order valence-corrected chi connectivity index (χ0v) is 21.3. The Balaban J connectivity index is 1.28. The number of nitrogens with zero attached hydrogens (tertiary/aromatic N) is 4. The third kappa shape index (κ3) is 4.18. The van der Waals surface area contributed by atoms with Gasteiger partial charge in [0.1, 0.15) is 28.2 Å². The van der Waals surface area contributed by atoms with E-state index < -0.39 is 5.82 Å². The number of rotatable bonds is 5. The summed E-state index contributed by atoms with van der Waals surface area (Å²) >= 11 is 0.983. The number of nitrogens with one attached hydrogen (secondary N) is 3. The number of aromatic amines is 2. The third-order valence-corrected chi connectivity index (χ3v) is 7.30. The van der Waals surface area contributed by atoms with Crippen LogP contribution in [-0.4, -0.2) is 36.0 Å². The van der Waals surface area contributed by atoms with Crippen LogP contribution in [0.5, 0.6) is 0 Å². The van der Waals surface area contributed by atoms with Crippen LogP contribution < -0.4 is 5.32 Å². The number of imidazole rings is 1. The molecule has 8 nitrogen and oxygen atoms in total. The number of hydrogen-bond donors (Lipinski definition) is 3. The lowest BCUT2D eigenvalue weighted by Gasteiger charge is -2.08. The maximum absolute atomic E-state index is 15.2. The maximum Gasteiger partial charge on any atom is 0.255 e. The van der Waals surface area contributed by atoms with Crippen LogP contribution in [0.3, 0.4) is 0 Å². The molecule has 0 aliphatic rings. The van der Waals surface area contributed by atoms with E-state index in [9.17, 15) is 9.18 Å². The molecule has 0 spiro atoms. The number of carbonyl (C=O) groups excluding carboxylic acids is 1. The number of carbonyl (C=O) groups is 1. The van der Waals surface area contributed by atoms with Gasteiger partial charge in [0.2, 0.25) is 0 Å². The van der Waals surface area contributed by atoms with Gasteiger partial charge in [0, 0.05) is 28.9 Å². The van der Waals surface area contributed by atoms with E-state index in [4.69, 9.17) is 4.98 Å². The zero-order chi connectivity index (χ0) is 27.2. The second-order valence-electron chi connectivity index (χ2n) is 8.98. The van der Waals surface area contributed by atoms with Crippen molar-refractivity contribution in [3.63, 3.8) is 0 Å². The summed E-state index contributed by atoms with van der Waals surface area (Å²) in [5, 5.41) is 10.1. The van der Waals surface area contributed by atoms with E-state index in [-0.39, 0.29) is 16.6 Å². The summed E-state index contributed by atoms with van der Waals surface area (Å²) in [6.07, 6.45) is 4.74. The van der Waals surface area contributed by atoms with Crippen molar-refractivity contribution in [2.75, 3.05) is 5.32 Å². The van der Waals surface area contributed by atoms with Gasteiger partial charge in [-0.15, -0.1) is 11.3 Å². The van der Waals surface area contributed by atoms with Crippen LogP contribution in [0.15, 0.2) is 85.3 Å². The van der Waals surface area contributed by atoms with E-state index in [1.165, 1.54) is 18.3 Å². The predicted octanol–water partition coefficient (Wildman–Crippen LogP) is 6.82. The topological polar surface area (TPSA) is 112 Å². The molecule has 0 saturated carbocycles. The zero-order valence-electron chi connectivity index (χ0n) is 20.4. The van der Waals surface area contributed by atoms with Crippen molar-refractivity contribution in [3.8, 4) is 33.2 Å². The van der Waals surface area contributed by atoms with Gasteiger partial charge in [0.15, 0.2) is 11.0 Å². The number of aromatic nitrogens is 6. The smallest absolute Gasteiger partial charge is 0.255 e. The molecule has 0 unspecified atom stereocenters. The molecule has 0 saturated heterocycles. The molecule has 11 heteroatoms. The Morgan fingerprint density at radius 3 is 2.62 bits per heavy atom. The number of H-pyrrole nitrogens is 2. The van der Waals surface area contributed by atoms with Crippen molar-refractivity contribution in [1.82, 2.24) is 30.1 Å². The number of halogens is 2. The predicted molar refractivity (Wildman–Crippen MR) is 150 cm³/mol. The number of thiophene rings is 1. The first-order valence-electron chi connectivity index (χ1n) is 12.1. The summed E-state index contributed by atoms with van der Waals surface area (Å²) in [6.45, 7) is 0. The Hall–Kier alpha value is -5.29. The van der Waals surface area contributed by atoms with E-state index in [1.807, 2.05) is 6.07 Å². The van der Waals surface area contributed by atoms with E-state index >= 15 is 4.39 Å². The highest BCUT2D eigenvalue weighted by Crippen LogP contribution is 2.35. The second-order valence-corrected chi connectivity index (χ2v) is 10.0. The first-order chi connectivity index (χ1) is 19.5. The second kappa shape index (κ2) is 9.47. The molecule has 5 heterocycles. The number of amides is 1. The van der Waals surface area contributed by atoms with Gasteiger partial charge < -0.3 is 10.3 Å². The van der Waals surface area contributed by atoms with Crippen LogP contribution in [-0.2, 0) is 0 Å². The molecule has 3 N–H and O–H groups in total. The molecule has 0 aliphatic carbocycles. The van der Waals surface area contributed by atoms with Crippen LogP contribution in [0.25, 0.3) is 55.2 Å². The summed E-state index contributed by atoms with van der Waals surface area (Å²) < 4.78 is 28.9. The van der Waals surface area contributed by atoms with Crippen LogP contribution in [0.2, 0.25) is 0 Å². The molecule has 0 atom stereocenters. The third-order valence-electron chi connectivity index (χ3n) is 6.42. The molecule has 5 aromatic heterocycles. The monoisotopic (exact) mass is 549 g/mol. The Morgan fingerprint density at radius 2 is 1.80 bits per heavy atom. The van der Waals surface area contributed by atoms with Crippen molar-refractivity contribution < 1.29 is 13.6 Å². The van der Waals surface area contributed by atoms with Crippen LogP contribution in [0.1, 0.15) is 10.4 Å². The number of fused-ring (bicyclic) bond motifs is 2. The molecule has 2 aromatic carbocycles. The fourth-order valence-corrected chi connectivity index (χ4v) is 5.28. The molecular weight excluding hydrogens is 532 g/mol. The lowest BCUT2D eigenvalue weighted by molar-refractivity contribution is 0.102. The van der Waals surface area contributed by atoms with Gasteiger partial charge in [-0.3, -0.25) is 19.9 Å². The Kier molecular flexibility index (Phi) is 5.64. The minimum Gasteiger partial charge on any atom is -0.336 e. The van der Waals surface area contributed by atoms with Crippen molar-refractivity contribution in [3.05, 3.63) is 102 Å². The van der Waals surface area contributed by atoms with Crippen molar-refractivity contribution >= 4 is 44.9 Å². The van der Waals surface area contributed by atoms with Crippen molar-refractivity contribution in [2.45, 2.75) is 0 Å². The first-order valence-corrected chi connectivity index (χ1v) is 13.0. The van der Waals surface area contributed by atoms with Crippen molar-refractivity contribution in [1.29, 1.82) is 0 Å². The summed E-state index contributed by atoms with van der Waals surface area (Å²) in [5.41, 5.74) is 4.56. The lowest BCUT2D eigenvalue weighted by atomic mass is 10.0. The molecular formula is C29H17F2N7OS. The average Bonchev–Trinajstić information content (AvgIpc) is 3.71. The minimum absolute atomic E-state index is 0.222. The number of benzene rings is 2. The van der Waals surface area contributed by atoms with Gasteiger partial charge in [0.05, 0.1) is 22.3 Å². The van der Waals surface area contributed by atoms with E-state index in [1.54, 1.807) is 60.9 Å². The maximum atomic E-state index is 15.2. The molecule has 1 amide bonds. The van der Waals surface area contributed by atoms with Gasteiger partial charge in [-0.1, -0.05) is 18.2 Å². The fraction of sp³-hybridized carbons (Fsp3) is 0. The Bertz CT molecular complexity index is 2050. The SMILES string of the molecule is O=C(Nc1cncc(-c2cc(F)c3[nH]nc(-c4nc5c(-c6ccc(F)s6)nccc5[nH]4)c3c2)c1)c1ccccc1. The fourth-order valence-electron chi connectivity index (χ4n) is 4.55. The number of pyridine rings is 2. The first kappa shape index (κ1) is 23.8. The quantitative estimate of drug-likeness (QED) is 0.218. The number of hydrogen-bond acceptors (Lipinski definition) is 6. The highest BCUT2D eigenvalue weighted by atomic mass is 32.1. The Labute approximate surface area is 228 Å². The molecule has 0 fully saturated rings. The van der Waals surface area contributed by atoms with E-state index in [0.717, 1.165) is 11.3 Å². The largest absolute Gasteiger partial charge is 0.336 e. The van der Waals surface area contributed by atoms with Crippen LogP contribution in [0.4, 0.5) is 14.5 Å². The lowest BCUT2D eigenvalue weighted by Crippen LogP contribution is -2.11. The summed E-state index contributed by atoms with van der Waals surface area (Å²) in [4.78, 5) is 29.8. The minimum atomic E-state index is -0.502. The summed E-state index contributed by atoms with van der Waals surface area (Å²) in [6, 6.07) is 18.5. The number of anilines is 1. The normalized spacial score (nSPS) is 11.3. The van der Waals surface area contributed by atoms with Crippen LogP contribution >= 0.6 is 11.3 Å². The van der Waals surface area contributed by atoms with Gasteiger partial charge in [-0.2, -0.15) is 9.49 Å². The van der Waals surface area contributed by atoms with E-state index in [2.05, 4.69) is 30.5 Å². The summed E-state index contributed by atoms with van der Waals surface area (Å²) in [5.74, 6) is -0.370. The standard InChI is InChI=1S/C29H17F2N7OS/c30-20-12-16(17-10-18(14-32-13-17)34-29(39)15-4-2-1-3-5-15)11-19-24(20)37-38-25(19)28-35-21-8-9-33-27(26(21)36-28)22-6-7-23(31)40-22/h1-14H,(H,34,39)(H,35,36)(H,37,38). The van der Waals surface area contributed by atoms with Gasteiger partial charge in [-0.05, 0) is 54.1 Å². The molecule has 194 valence electrons. The average molecular weight is 550 g/mol. The van der Waals surface area contributed by atoms with Gasteiger partial charge in [-0.25, -0.2) is 9.37 Å².